The summed E-state index contributed by atoms with van der Waals surface area (Å²) in [6, 6.07) is 9.67. The molecular formula is C18H13Cl2F3N6O. The Bertz CT molecular complexity index is 1090. The highest BCUT2D eigenvalue weighted by atomic mass is 35.5. The normalized spacial score (nSPS) is 11.1. The fourth-order valence-corrected chi connectivity index (χ4v) is 2.83. The SMILES string of the molecule is Nc1c(NNC(=O)c2ccccc2Cl)ncnc1Nc1ccc(Cl)c(C(F)(F)F)c1. The van der Waals surface area contributed by atoms with Crippen LogP contribution >= 0.6 is 23.2 Å². The maximum Gasteiger partial charge on any atom is 0.417 e. The van der Waals surface area contributed by atoms with Crippen molar-refractivity contribution in [2.24, 2.45) is 0 Å². The second-order valence-corrected chi connectivity index (χ2v) is 6.68. The highest BCUT2D eigenvalue weighted by Gasteiger charge is 2.33. The minimum atomic E-state index is -4.62. The van der Waals surface area contributed by atoms with E-state index in [2.05, 4.69) is 26.1 Å². The summed E-state index contributed by atoms with van der Waals surface area (Å²) in [7, 11) is 0. The van der Waals surface area contributed by atoms with E-state index in [1.807, 2.05) is 0 Å². The van der Waals surface area contributed by atoms with Gasteiger partial charge in [-0.25, -0.2) is 9.97 Å². The fourth-order valence-electron chi connectivity index (χ4n) is 2.38. The van der Waals surface area contributed by atoms with Crippen LogP contribution in [-0.4, -0.2) is 15.9 Å². The lowest BCUT2D eigenvalue weighted by Crippen LogP contribution is -2.30. The van der Waals surface area contributed by atoms with E-state index >= 15 is 0 Å². The second-order valence-electron chi connectivity index (χ2n) is 5.86. The van der Waals surface area contributed by atoms with Gasteiger partial charge >= 0.3 is 6.18 Å². The van der Waals surface area contributed by atoms with Crippen LogP contribution in [0.25, 0.3) is 0 Å². The molecule has 1 heterocycles. The molecule has 0 aliphatic rings. The van der Waals surface area contributed by atoms with Crippen LogP contribution < -0.4 is 21.9 Å². The van der Waals surface area contributed by atoms with Crippen LogP contribution in [0.5, 0.6) is 0 Å². The zero-order valence-corrected chi connectivity index (χ0v) is 16.4. The molecule has 0 atom stereocenters. The molecule has 1 amide bonds. The van der Waals surface area contributed by atoms with E-state index in [1.54, 1.807) is 18.2 Å². The van der Waals surface area contributed by atoms with Crippen LogP contribution in [0.4, 0.5) is 36.2 Å². The van der Waals surface area contributed by atoms with E-state index in [9.17, 15) is 18.0 Å². The lowest BCUT2D eigenvalue weighted by atomic mass is 10.2. The second kappa shape index (κ2) is 8.64. The number of nitrogens with two attached hydrogens (primary N) is 1. The molecule has 0 saturated carbocycles. The van der Waals surface area contributed by atoms with Crippen molar-refractivity contribution in [2.45, 2.75) is 6.18 Å². The molecule has 0 aliphatic carbocycles. The van der Waals surface area contributed by atoms with Gasteiger partial charge in [0.05, 0.1) is 21.2 Å². The predicted molar refractivity (Wildman–Crippen MR) is 109 cm³/mol. The van der Waals surface area contributed by atoms with Gasteiger partial charge in [0.1, 0.15) is 12.0 Å². The number of hydrazine groups is 1. The van der Waals surface area contributed by atoms with Gasteiger partial charge in [0.2, 0.25) is 0 Å². The monoisotopic (exact) mass is 456 g/mol. The molecule has 30 heavy (non-hydrogen) atoms. The Morgan fingerprint density at radius 2 is 1.70 bits per heavy atom. The number of hydrogen-bond acceptors (Lipinski definition) is 6. The Morgan fingerprint density at radius 3 is 2.40 bits per heavy atom. The van der Waals surface area contributed by atoms with Crippen LogP contribution in [0.2, 0.25) is 10.0 Å². The average Bonchev–Trinajstić information content (AvgIpc) is 2.69. The quantitative estimate of drug-likeness (QED) is 0.407. The molecule has 12 heteroatoms. The summed E-state index contributed by atoms with van der Waals surface area (Å²) >= 11 is 11.6. The highest BCUT2D eigenvalue weighted by Crippen LogP contribution is 2.37. The van der Waals surface area contributed by atoms with Crippen molar-refractivity contribution in [3.8, 4) is 0 Å². The molecule has 3 aromatic rings. The Kier molecular flexibility index (Phi) is 6.18. The van der Waals surface area contributed by atoms with E-state index in [0.29, 0.717) is 0 Å². The van der Waals surface area contributed by atoms with Gasteiger partial charge in [-0.05, 0) is 30.3 Å². The van der Waals surface area contributed by atoms with E-state index in [0.717, 1.165) is 18.5 Å². The Morgan fingerprint density at radius 1 is 1.00 bits per heavy atom. The Hall–Kier alpha value is -3.24. The van der Waals surface area contributed by atoms with Crippen LogP contribution in [-0.2, 0) is 6.18 Å². The number of carbonyl (C=O) groups is 1. The van der Waals surface area contributed by atoms with Gasteiger partial charge in [0, 0.05) is 5.69 Å². The standard InChI is InChI=1S/C18H13Cl2F3N6O/c19-12-4-2-1-3-10(12)17(30)29-28-16-14(24)15(25-8-26-16)27-9-5-6-13(20)11(7-9)18(21,22)23/h1-8H,24H2,(H,29,30)(H2,25,26,27,28). The lowest BCUT2D eigenvalue weighted by molar-refractivity contribution is -0.137. The van der Waals surface area contributed by atoms with Crippen molar-refractivity contribution in [3.63, 3.8) is 0 Å². The fraction of sp³-hybridized carbons (Fsp3) is 0.0556. The summed E-state index contributed by atoms with van der Waals surface area (Å²) in [6.45, 7) is 0. The molecule has 0 fully saturated rings. The van der Waals surface area contributed by atoms with Crippen LogP contribution in [0.1, 0.15) is 15.9 Å². The summed E-state index contributed by atoms with van der Waals surface area (Å²) in [5.41, 5.74) is 10.1. The topological polar surface area (TPSA) is 105 Å². The van der Waals surface area contributed by atoms with Gasteiger partial charge in [-0.3, -0.25) is 15.6 Å². The molecule has 5 N–H and O–H groups in total. The summed E-state index contributed by atoms with van der Waals surface area (Å²) in [4.78, 5) is 20.0. The molecule has 2 aromatic carbocycles. The molecule has 0 spiro atoms. The van der Waals surface area contributed by atoms with E-state index in [4.69, 9.17) is 28.9 Å². The molecule has 0 unspecified atom stereocenters. The largest absolute Gasteiger partial charge is 0.417 e. The predicted octanol–water partition coefficient (Wildman–Crippen LogP) is 4.88. The summed E-state index contributed by atoms with van der Waals surface area (Å²) in [6.07, 6.45) is -3.51. The van der Waals surface area contributed by atoms with Gasteiger partial charge in [-0.2, -0.15) is 13.2 Å². The summed E-state index contributed by atoms with van der Waals surface area (Å²) in [5, 5.41) is 2.48. The first-order chi connectivity index (χ1) is 14.2. The smallest absolute Gasteiger partial charge is 0.393 e. The van der Waals surface area contributed by atoms with Crippen LogP contribution in [0.3, 0.4) is 0 Å². The maximum atomic E-state index is 13.0. The molecule has 1 aromatic heterocycles. The number of aromatic nitrogens is 2. The number of halogens is 5. The number of anilines is 4. The average molecular weight is 457 g/mol. The van der Waals surface area contributed by atoms with Gasteiger partial charge < -0.3 is 11.1 Å². The number of nitrogen functional groups attached to an aromatic ring is 1. The van der Waals surface area contributed by atoms with Gasteiger partial charge in [0.15, 0.2) is 11.6 Å². The Balaban J connectivity index is 1.77. The van der Waals surface area contributed by atoms with E-state index in [-0.39, 0.29) is 33.6 Å². The molecular weight excluding hydrogens is 444 g/mol. The third-order valence-corrected chi connectivity index (χ3v) is 4.49. The number of amides is 1. The van der Waals surface area contributed by atoms with Crippen molar-refractivity contribution in [1.29, 1.82) is 0 Å². The number of alkyl halides is 3. The van der Waals surface area contributed by atoms with Crippen molar-refractivity contribution < 1.29 is 18.0 Å². The van der Waals surface area contributed by atoms with Gasteiger partial charge in [-0.15, -0.1) is 0 Å². The number of nitrogens with one attached hydrogen (secondary N) is 3. The third kappa shape index (κ3) is 4.84. The van der Waals surface area contributed by atoms with Crippen molar-refractivity contribution >= 4 is 52.1 Å². The summed E-state index contributed by atoms with van der Waals surface area (Å²) in [5.74, 6) is -0.492. The molecule has 3 rings (SSSR count). The molecule has 0 radical (unpaired) electrons. The van der Waals surface area contributed by atoms with Crippen molar-refractivity contribution in [2.75, 3.05) is 16.5 Å². The van der Waals surface area contributed by atoms with Gasteiger partial charge in [0.25, 0.3) is 5.91 Å². The Labute approximate surface area is 178 Å². The minimum absolute atomic E-state index is 0.0231. The number of rotatable bonds is 5. The zero-order valence-electron chi connectivity index (χ0n) is 14.9. The number of nitrogens with zero attached hydrogens (tertiary/aromatic N) is 2. The number of benzene rings is 2. The van der Waals surface area contributed by atoms with Crippen molar-refractivity contribution in [3.05, 3.63) is 70.0 Å². The minimum Gasteiger partial charge on any atom is -0.393 e. The summed E-state index contributed by atoms with van der Waals surface area (Å²) < 4.78 is 39.1. The van der Waals surface area contributed by atoms with Crippen molar-refractivity contribution in [1.82, 2.24) is 15.4 Å². The maximum absolute atomic E-state index is 13.0. The third-order valence-electron chi connectivity index (χ3n) is 3.83. The first-order valence-corrected chi connectivity index (χ1v) is 8.97. The molecule has 0 bridgehead atoms. The molecule has 0 aliphatic heterocycles. The van der Waals surface area contributed by atoms with Crippen LogP contribution in [0, 0.1) is 0 Å². The first kappa shape index (κ1) is 21.5. The van der Waals surface area contributed by atoms with E-state index < -0.39 is 22.7 Å². The lowest BCUT2D eigenvalue weighted by Gasteiger charge is -2.15. The molecule has 156 valence electrons. The number of carbonyl (C=O) groups excluding carboxylic acids is 1. The number of hydrogen-bond donors (Lipinski definition) is 4. The van der Waals surface area contributed by atoms with E-state index in [1.165, 1.54) is 12.1 Å². The zero-order chi connectivity index (χ0) is 21.9. The molecule has 0 saturated heterocycles. The van der Waals surface area contributed by atoms with Gasteiger partial charge in [-0.1, -0.05) is 35.3 Å². The molecule has 7 nitrogen and oxygen atoms in total. The van der Waals surface area contributed by atoms with Crippen LogP contribution in [0.15, 0.2) is 48.8 Å². The first-order valence-electron chi connectivity index (χ1n) is 8.22. The highest BCUT2D eigenvalue weighted by molar-refractivity contribution is 6.33.